The summed E-state index contributed by atoms with van der Waals surface area (Å²) in [5.41, 5.74) is 1.79. The van der Waals surface area contributed by atoms with Crippen molar-refractivity contribution in [2.75, 3.05) is 5.75 Å². The van der Waals surface area contributed by atoms with Crippen molar-refractivity contribution >= 4 is 16.6 Å². The van der Waals surface area contributed by atoms with Gasteiger partial charge in [-0.15, -0.1) is 0 Å². The Hall–Kier alpha value is -2.64. The van der Waals surface area contributed by atoms with Gasteiger partial charge in [0, 0.05) is 16.5 Å². The van der Waals surface area contributed by atoms with Gasteiger partial charge in [-0.1, -0.05) is 41.8 Å². The van der Waals surface area contributed by atoms with Gasteiger partial charge in [0.05, 0.1) is 16.6 Å². The lowest BCUT2D eigenvalue weighted by Gasteiger charge is -2.02. The second-order valence-electron chi connectivity index (χ2n) is 4.92. The van der Waals surface area contributed by atoms with Gasteiger partial charge in [-0.25, -0.2) is 0 Å². The lowest BCUT2D eigenvalue weighted by atomic mass is 10.2. The Morgan fingerprint density at radius 3 is 2.43 bits per heavy atom. The number of rotatable bonds is 4. The van der Waals surface area contributed by atoms with E-state index in [2.05, 4.69) is 11.8 Å². The van der Waals surface area contributed by atoms with Crippen LogP contribution in [0.1, 0.15) is 11.1 Å². The van der Waals surface area contributed by atoms with Crippen LogP contribution in [0.2, 0.25) is 0 Å². The molecule has 0 aliphatic heterocycles. The van der Waals surface area contributed by atoms with Gasteiger partial charge in [0.15, 0.2) is 0 Å². The summed E-state index contributed by atoms with van der Waals surface area (Å²) in [7, 11) is -1.40. The number of aliphatic hydroxyl groups is 1. The van der Waals surface area contributed by atoms with E-state index in [9.17, 15) is 14.1 Å². The lowest BCUT2D eigenvalue weighted by molar-refractivity contribution is -0.109. The third-order valence-electron chi connectivity index (χ3n) is 2.96. The van der Waals surface area contributed by atoms with Crippen molar-refractivity contribution in [2.45, 2.75) is 11.8 Å². The van der Waals surface area contributed by atoms with E-state index >= 15 is 0 Å². The molecule has 0 saturated carbocycles. The monoisotopic (exact) mass is 324 g/mol. The maximum absolute atomic E-state index is 12.1. The molecule has 0 heterocycles. The molecule has 2 aromatic carbocycles. The molecule has 1 N–H and O–H groups in total. The number of aryl methyl sites for hydroxylation is 1. The van der Waals surface area contributed by atoms with Gasteiger partial charge in [0.1, 0.15) is 5.76 Å². The topological polar surface area (TPSA) is 54.4 Å². The van der Waals surface area contributed by atoms with Gasteiger partial charge < -0.3 is 5.11 Å². The van der Waals surface area contributed by atoms with Gasteiger partial charge in [-0.2, -0.15) is 0 Å². The largest absolute Gasteiger partial charge is 0.511 e. The standard InChI is InChI=1S/C19H16O3S/c1-15-7-11-19(12-8-15)23(22)14-18(21)13-17(20)10-9-16-5-3-2-4-6-16/h2-8,11-13,21H,14H2,1H3/b18-13-. The molecular formula is C19H16O3S. The van der Waals surface area contributed by atoms with Crippen molar-refractivity contribution in [3.05, 3.63) is 77.6 Å². The lowest BCUT2D eigenvalue weighted by Crippen LogP contribution is -2.03. The molecular weight excluding hydrogens is 308 g/mol. The van der Waals surface area contributed by atoms with Crippen LogP contribution in [0.5, 0.6) is 0 Å². The van der Waals surface area contributed by atoms with Gasteiger partial charge in [-0.3, -0.25) is 9.00 Å². The first-order valence-electron chi connectivity index (χ1n) is 7.00. The van der Waals surface area contributed by atoms with Gasteiger partial charge in [0.25, 0.3) is 0 Å². The van der Waals surface area contributed by atoms with E-state index in [1.54, 1.807) is 24.3 Å². The molecule has 2 rings (SSSR count). The normalized spacial score (nSPS) is 12.1. The van der Waals surface area contributed by atoms with E-state index in [1.807, 2.05) is 37.3 Å². The van der Waals surface area contributed by atoms with Crippen LogP contribution in [0.15, 0.2) is 71.3 Å². The molecule has 1 unspecified atom stereocenters. The first-order valence-corrected chi connectivity index (χ1v) is 8.32. The quantitative estimate of drug-likeness (QED) is 0.534. The Balaban J connectivity index is 1.99. The number of hydrogen-bond donors (Lipinski definition) is 1. The average Bonchev–Trinajstić information content (AvgIpc) is 2.54. The minimum atomic E-state index is -1.40. The van der Waals surface area contributed by atoms with E-state index in [-0.39, 0.29) is 11.5 Å². The highest BCUT2D eigenvalue weighted by Crippen LogP contribution is 2.10. The molecule has 0 radical (unpaired) electrons. The van der Waals surface area contributed by atoms with Crippen LogP contribution in [0.4, 0.5) is 0 Å². The molecule has 0 fully saturated rings. The van der Waals surface area contributed by atoms with Crippen LogP contribution in [0, 0.1) is 18.8 Å². The fourth-order valence-electron chi connectivity index (χ4n) is 1.79. The van der Waals surface area contributed by atoms with Gasteiger partial charge in [-0.05, 0) is 37.1 Å². The Morgan fingerprint density at radius 1 is 1.13 bits per heavy atom. The molecule has 0 bridgehead atoms. The van der Waals surface area contributed by atoms with Crippen molar-refractivity contribution in [1.29, 1.82) is 0 Å². The third-order valence-corrected chi connectivity index (χ3v) is 4.32. The van der Waals surface area contributed by atoms with Crippen molar-refractivity contribution in [3.8, 4) is 11.8 Å². The summed E-state index contributed by atoms with van der Waals surface area (Å²) < 4.78 is 12.1. The second-order valence-corrected chi connectivity index (χ2v) is 6.37. The second kappa shape index (κ2) is 8.11. The van der Waals surface area contributed by atoms with Crippen LogP contribution < -0.4 is 0 Å². The van der Waals surface area contributed by atoms with Crippen molar-refractivity contribution in [3.63, 3.8) is 0 Å². The highest BCUT2D eigenvalue weighted by atomic mass is 32.2. The smallest absolute Gasteiger partial charge is 0.232 e. The summed E-state index contributed by atoms with van der Waals surface area (Å²) in [6.45, 7) is 1.94. The Labute approximate surface area is 138 Å². The number of hydrogen-bond acceptors (Lipinski definition) is 3. The summed E-state index contributed by atoms with van der Waals surface area (Å²) in [5.74, 6) is 4.27. The summed E-state index contributed by atoms with van der Waals surface area (Å²) in [6.07, 6.45) is 1.02. The number of carbonyl (C=O) groups excluding carboxylic acids is 1. The minimum absolute atomic E-state index is 0.109. The molecule has 0 saturated heterocycles. The van der Waals surface area contributed by atoms with E-state index in [4.69, 9.17) is 0 Å². The summed E-state index contributed by atoms with van der Waals surface area (Å²) >= 11 is 0. The summed E-state index contributed by atoms with van der Waals surface area (Å²) in [6, 6.07) is 16.3. The zero-order valence-corrected chi connectivity index (χ0v) is 13.5. The molecule has 0 amide bonds. The number of ketones is 1. The highest BCUT2D eigenvalue weighted by Gasteiger charge is 2.07. The Morgan fingerprint density at radius 2 is 1.78 bits per heavy atom. The van der Waals surface area contributed by atoms with Crippen LogP contribution in [0.3, 0.4) is 0 Å². The molecule has 1 atom stereocenters. The number of benzene rings is 2. The summed E-state index contributed by atoms with van der Waals surface area (Å²) in [5, 5.41) is 9.78. The molecule has 4 heteroatoms. The fraction of sp³-hybridized carbons (Fsp3) is 0.105. The van der Waals surface area contributed by atoms with Crippen LogP contribution in [-0.2, 0) is 15.6 Å². The molecule has 23 heavy (non-hydrogen) atoms. The van der Waals surface area contributed by atoms with Crippen molar-refractivity contribution in [2.24, 2.45) is 0 Å². The Kier molecular flexibility index (Phi) is 5.90. The molecule has 0 aliphatic carbocycles. The minimum Gasteiger partial charge on any atom is -0.511 e. The molecule has 0 aliphatic rings. The van der Waals surface area contributed by atoms with E-state index < -0.39 is 16.6 Å². The third kappa shape index (κ3) is 5.57. The average molecular weight is 324 g/mol. The van der Waals surface area contributed by atoms with Crippen LogP contribution >= 0.6 is 0 Å². The van der Waals surface area contributed by atoms with Gasteiger partial charge >= 0.3 is 0 Å². The maximum Gasteiger partial charge on any atom is 0.232 e. The first-order chi connectivity index (χ1) is 11.0. The van der Waals surface area contributed by atoms with E-state index in [0.29, 0.717) is 4.90 Å². The molecule has 0 spiro atoms. The van der Waals surface area contributed by atoms with Crippen molar-refractivity contribution < 1.29 is 14.1 Å². The number of allylic oxidation sites excluding steroid dienone is 1. The summed E-state index contributed by atoms with van der Waals surface area (Å²) in [4.78, 5) is 12.3. The molecule has 116 valence electrons. The number of aliphatic hydroxyl groups excluding tert-OH is 1. The molecule has 2 aromatic rings. The van der Waals surface area contributed by atoms with Crippen LogP contribution in [0.25, 0.3) is 0 Å². The van der Waals surface area contributed by atoms with Gasteiger partial charge in [0.2, 0.25) is 5.78 Å². The first kappa shape index (κ1) is 16.7. The van der Waals surface area contributed by atoms with Crippen LogP contribution in [-0.4, -0.2) is 20.9 Å². The zero-order valence-electron chi connectivity index (χ0n) is 12.7. The highest BCUT2D eigenvalue weighted by molar-refractivity contribution is 7.85. The predicted octanol–water partition coefficient (Wildman–Crippen LogP) is 3.17. The van der Waals surface area contributed by atoms with E-state index in [1.165, 1.54) is 0 Å². The van der Waals surface area contributed by atoms with Crippen molar-refractivity contribution in [1.82, 2.24) is 0 Å². The zero-order chi connectivity index (χ0) is 16.7. The fourth-order valence-corrected chi connectivity index (χ4v) is 2.75. The predicted molar refractivity (Wildman–Crippen MR) is 91.5 cm³/mol. The van der Waals surface area contributed by atoms with E-state index in [0.717, 1.165) is 17.2 Å². The maximum atomic E-state index is 12.1. The molecule has 0 aromatic heterocycles. The SMILES string of the molecule is Cc1ccc(S(=O)C/C(O)=C/C(=O)C#Cc2ccccc2)cc1. The number of carbonyl (C=O) groups is 1. The molecule has 3 nitrogen and oxygen atoms in total. The Bertz CT molecular complexity index is 794.